The van der Waals surface area contributed by atoms with E-state index in [2.05, 4.69) is 5.10 Å². The van der Waals surface area contributed by atoms with Crippen molar-refractivity contribution in [2.45, 2.75) is 13.8 Å². The van der Waals surface area contributed by atoms with Crippen LogP contribution in [-0.4, -0.2) is 20.9 Å². The maximum absolute atomic E-state index is 12.9. The zero-order valence-electron chi connectivity index (χ0n) is 16.0. The lowest BCUT2D eigenvalue weighted by molar-refractivity contribution is 0.0688. The second kappa shape index (κ2) is 8.54. The van der Waals surface area contributed by atoms with Gasteiger partial charge >= 0.3 is 5.97 Å². The molecule has 0 atom stereocenters. The summed E-state index contributed by atoms with van der Waals surface area (Å²) < 4.78 is 0.932. The molecule has 1 heterocycles. The molecule has 0 fully saturated rings. The normalized spacial score (nSPS) is 10.9. The van der Waals surface area contributed by atoms with Gasteiger partial charge in [0.25, 0.3) is 5.56 Å². The first-order chi connectivity index (χ1) is 14.2. The van der Waals surface area contributed by atoms with Crippen LogP contribution in [-0.2, 0) is 0 Å². The number of aromatic carboxylic acids is 1. The van der Waals surface area contributed by atoms with E-state index in [-0.39, 0.29) is 11.1 Å². The van der Waals surface area contributed by atoms with E-state index in [1.54, 1.807) is 30.3 Å². The molecule has 0 spiro atoms. The Morgan fingerprint density at radius 3 is 2.47 bits per heavy atom. The SMILES string of the molecule is Cc1ccc(-n2nc(C(=O)O)c(C=Cc3ccc(Cl)cc3Cl)c(C#N)c2=O)cc1C. The van der Waals surface area contributed by atoms with Crippen LogP contribution in [0.3, 0.4) is 0 Å². The molecule has 0 amide bonds. The van der Waals surface area contributed by atoms with E-state index in [0.717, 1.165) is 15.8 Å². The van der Waals surface area contributed by atoms with Gasteiger partial charge in [0.2, 0.25) is 0 Å². The molecule has 0 aliphatic rings. The summed E-state index contributed by atoms with van der Waals surface area (Å²) in [4.78, 5) is 24.8. The molecular formula is C22H15Cl2N3O3. The number of hydrogen-bond acceptors (Lipinski definition) is 4. The summed E-state index contributed by atoms with van der Waals surface area (Å²) in [6.45, 7) is 3.77. The zero-order chi connectivity index (χ0) is 22.0. The van der Waals surface area contributed by atoms with Crippen molar-refractivity contribution in [2.24, 2.45) is 0 Å². The van der Waals surface area contributed by atoms with Crippen molar-refractivity contribution < 1.29 is 9.90 Å². The Bertz CT molecular complexity index is 1300. The fourth-order valence-electron chi connectivity index (χ4n) is 2.81. The summed E-state index contributed by atoms with van der Waals surface area (Å²) in [6, 6.07) is 11.7. The number of halogens is 2. The Balaban J connectivity index is 2.23. The maximum Gasteiger partial charge on any atom is 0.357 e. The van der Waals surface area contributed by atoms with Crippen molar-refractivity contribution in [3.8, 4) is 11.8 Å². The van der Waals surface area contributed by atoms with E-state index in [0.29, 0.717) is 21.3 Å². The van der Waals surface area contributed by atoms with Crippen molar-refractivity contribution in [1.29, 1.82) is 5.26 Å². The molecular weight excluding hydrogens is 425 g/mol. The lowest BCUT2D eigenvalue weighted by atomic mass is 10.1. The molecule has 0 aliphatic heterocycles. The number of aromatic nitrogens is 2. The molecule has 0 bridgehead atoms. The predicted molar refractivity (Wildman–Crippen MR) is 116 cm³/mol. The minimum Gasteiger partial charge on any atom is -0.476 e. The third kappa shape index (κ3) is 4.13. The van der Waals surface area contributed by atoms with Gasteiger partial charge in [-0.2, -0.15) is 15.0 Å². The zero-order valence-corrected chi connectivity index (χ0v) is 17.5. The van der Waals surface area contributed by atoms with Crippen LogP contribution in [0.25, 0.3) is 17.8 Å². The predicted octanol–water partition coefficient (Wildman–Crippen LogP) is 4.90. The molecule has 150 valence electrons. The summed E-state index contributed by atoms with van der Waals surface area (Å²) in [6.07, 6.45) is 2.85. The Morgan fingerprint density at radius 2 is 1.87 bits per heavy atom. The molecule has 2 aromatic carbocycles. The van der Waals surface area contributed by atoms with E-state index in [1.807, 2.05) is 19.9 Å². The van der Waals surface area contributed by atoms with Crippen molar-refractivity contribution in [3.63, 3.8) is 0 Å². The Hall–Kier alpha value is -3.40. The molecule has 1 aromatic heterocycles. The van der Waals surface area contributed by atoms with Gasteiger partial charge in [-0.05, 0) is 54.8 Å². The van der Waals surface area contributed by atoms with Gasteiger partial charge < -0.3 is 5.11 Å². The summed E-state index contributed by atoms with van der Waals surface area (Å²) >= 11 is 12.0. The molecule has 3 rings (SSSR count). The van der Waals surface area contributed by atoms with Crippen molar-refractivity contribution in [3.05, 3.63) is 90.3 Å². The van der Waals surface area contributed by atoms with Crippen LogP contribution in [0.4, 0.5) is 0 Å². The van der Waals surface area contributed by atoms with E-state index in [4.69, 9.17) is 23.2 Å². The topological polar surface area (TPSA) is 96.0 Å². The van der Waals surface area contributed by atoms with Crippen molar-refractivity contribution in [1.82, 2.24) is 9.78 Å². The first-order valence-corrected chi connectivity index (χ1v) is 9.50. The highest BCUT2D eigenvalue weighted by atomic mass is 35.5. The first-order valence-electron chi connectivity index (χ1n) is 8.74. The summed E-state index contributed by atoms with van der Waals surface area (Å²) in [5.74, 6) is -1.37. The summed E-state index contributed by atoms with van der Waals surface area (Å²) in [5, 5.41) is 24.1. The van der Waals surface area contributed by atoms with Gasteiger partial charge in [-0.25, -0.2) is 4.79 Å². The van der Waals surface area contributed by atoms with Crippen molar-refractivity contribution in [2.75, 3.05) is 0 Å². The van der Waals surface area contributed by atoms with Crippen LogP contribution in [0.5, 0.6) is 0 Å². The number of carboxylic acids is 1. The molecule has 0 aliphatic carbocycles. The molecule has 3 aromatic rings. The van der Waals surface area contributed by atoms with E-state index < -0.39 is 17.2 Å². The second-order valence-electron chi connectivity index (χ2n) is 6.54. The highest BCUT2D eigenvalue weighted by Gasteiger charge is 2.21. The lowest BCUT2D eigenvalue weighted by Crippen LogP contribution is -2.28. The highest BCUT2D eigenvalue weighted by Crippen LogP contribution is 2.24. The van der Waals surface area contributed by atoms with E-state index in [9.17, 15) is 20.0 Å². The molecule has 0 saturated heterocycles. The van der Waals surface area contributed by atoms with E-state index >= 15 is 0 Å². The van der Waals surface area contributed by atoms with Crippen LogP contribution in [0.1, 0.15) is 38.3 Å². The average Bonchev–Trinajstić information content (AvgIpc) is 2.69. The van der Waals surface area contributed by atoms with Gasteiger partial charge in [-0.15, -0.1) is 0 Å². The Morgan fingerprint density at radius 1 is 1.13 bits per heavy atom. The van der Waals surface area contributed by atoms with E-state index in [1.165, 1.54) is 18.2 Å². The average molecular weight is 440 g/mol. The van der Waals surface area contributed by atoms with Gasteiger partial charge in [-0.3, -0.25) is 4.79 Å². The number of benzene rings is 2. The minimum atomic E-state index is -1.37. The Kier molecular flexibility index (Phi) is 6.06. The quantitative estimate of drug-likeness (QED) is 0.623. The molecule has 30 heavy (non-hydrogen) atoms. The molecule has 0 saturated carbocycles. The largest absolute Gasteiger partial charge is 0.476 e. The third-order valence-corrected chi connectivity index (χ3v) is 5.13. The monoisotopic (exact) mass is 439 g/mol. The number of nitriles is 1. The smallest absolute Gasteiger partial charge is 0.357 e. The number of carboxylic acid groups (broad SMARTS) is 1. The van der Waals surface area contributed by atoms with Crippen LogP contribution >= 0.6 is 23.2 Å². The molecule has 8 heteroatoms. The van der Waals surface area contributed by atoms with Crippen LogP contribution in [0.15, 0.2) is 41.2 Å². The number of carbonyl (C=O) groups is 1. The number of rotatable bonds is 4. The molecule has 0 unspecified atom stereocenters. The van der Waals surface area contributed by atoms with Gasteiger partial charge in [0.05, 0.1) is 5.69 Å². The number of nitrogens with zero attached hydrogens (tertiary/aromatic N) is 3. The fourth-order valence-corrected chi connectivity index (χ4v) is 3.28. The van der Waals surface area contributed by atoms with Crippen molar-refractivity contribution >= 4 is 41.3 Å². The summed E-state index contributed by atoms with van der Waals surface area (Å²) in [5.41, 5.74) is 1.25. The maximum atomic E-state index is 12.9. The number of aryl methyl sites for hydroxylation is 2. The second-order valence-corrected chi connectivity index (χ2v) is 7.38. The standard InChI is InChI=1S/C22H15Cl2N3O3/c1-12-3-7-16(9-13(12)2)27-21(28)18(11-25)17(20(26-27)22(29)30)8-5-14-4-6-15(23)10-19(14)24/h3-10H,1-2H3,(H,29,30). The third-order valence-electron chi connectivity index (χ3n) is 4.57. The van der Waals surface area contributed by atoms with Crippen LogP contribution < -0.4 is 5.56 Å². The van der Waals surface area contributed by atoms with Crippen LogP contribution in [0, 0.1) is 25.2 Å². The summed E-state index contributed by atoms with van der Waals surface area (Å²) in [7, 11) is 0. The van der Waals surface area contributed by atoms with Gasteiger partial charge in [-0.1, -0.05) is 47.5 Å². The minimum absolute atomic E-state index is 0.0962. The molecule has 1 N–H and O–H groups in total. The van der Waals surface area contributed by atoms with Gasteiger partial charge in [0.15, 0.2) is 5.69 Å². The fraction of sp³-hybridized carbons (Fsp3) is 0.0909. The highest BCUT2D eigenvalue weighted by molar-refractivity contribution is 6.35. The van der Waals surface area contributed by atoms with Crippen LogP contribution in [0.2, 0.25) is 10.0 Å². The van der Waals surface area contributed by atoms with Gasteiger partial charge in [0.1, 0.15) is 11.6 Å². The van der Waals surface area contributed by atoms with Gasteiger partial charge in [0, 0.05) is 15.6 Å². The lowest BCUT2D eigenvalue weighted by Gasteiger charge is -2.11. The Labute approximate surface area is 182 Å². The number of hydrogen-bond donors (Lipinski definition) is 1. The molecule has 0 radical (unpaired) electrons. The first kappa shape index (κ1) is 21.3. The molecule has 6 nitrogen and oxygen atoms in total.